The van der Waals surface area contributed by atoms with Crippen LogP contribution in [0.25, 0.3) is 0 Å². The van der Waals surface area contributed by atoms with Crippen molar-refractivity contribution in [3.05, 3.63) is 65.2 Å². The van der Waals surface area contributed by atoms with Gasteiger partial charge in [0.05, 0.1) is 6.42 Å². The number of carbonyl (C=O) groups is 2. The molecule has 1 N–H and O–H groups in total. The summed E-state index contributed by atoms with van der Waals surface area (Å²) in [6.45, 7) is 1.65. The lowest BCUT2D eigenvalue weighted by Crippen LogP contribution is -2.21. The first-order valence-corrected chi connectivity index (χ1v) is 7.68. The van der Waals surface area contributed by atoms with Crippen LogP contribution in [0.4, 0.5) is 5.69 Å². The van der Waals surface area contributed by atoms with Crippen molar-refractivity contribution in [1.82, 2.24) is 0 Å². The van der Waals surface area contributed by atoms with E-state index in [1.807, 2.05) is 37.3 Å². The number of esters is 1. The molecule has 1 unspecified atom stereocenters. The van der Waals surface area contributed by atoms with Crippen LogP contribution in [0.1, 0.15) is 24.8 Å². The first kappa shape index (κ1) is 17.0. The van der Waals surface area contributed by atoms with Gasteiger partial charge in [-0.15, -0.1) is 0 Å². The standard InChI is InChI=1S/C18H18ClNO3/c1-13(14-5-3-2-4-6-14)11-18(22)23-12-17(21)20-16-9-7-15(19)8-10-16/h2-10,13H,11-12H2,1H3,(H,20,21). The Kier molecular flexibility index (Phi) is 6.18. The predicted octanol–water partition coefficient (Wildman–Crippen LogP) is 4.02. The van der Waals surface area contributed by atoms with Crippen LogP contribution in [0.5, 0.6) is 0 Å². The van der Waals surface area contributed by atoms with Crippen molar-refractivity contribution in [3.8, 4) is 0 Å². The van der Waals surface area contributed by atoms with E-state index in [-0.39, 0.29) is 24.9 Å². The smallest absolute Gasteiger partial charge is 0.306 e. The fourth-order valence-electron chi connectivity index (χ4n) is 2.08. The third-order valence-electron chi connectivity index (χ3n) is 3.33. The third-order valence-corrected chi connectivity index (χ3v) is 3.59. The summed E-state index contributed by atoms with van der Waals surface area (Å²) in [5, 5.41) is 3.22. The first-order chi connectivity index (χ1) is 11.0. The van der Waals surface area contributed by atoms with Crippen molar-refractivity contribution in [3.63, 3.8) is 0 Å². The molecular formula is C18H18ClNO3. The van der Waals surface area contributed by atoms with Gasteiger partial charge in [-0.2, -0.15) is 0 Å². The molecule has 0 heterocycles. The van der Waals surface area contributed by atoms with Crippen LogP contribution in [0.3, 0.4) is 0 Å². The molecule has 1 atom stereocenters. The fraction of sp³-hybridized carbons (Fsp3) is 0.222. The van der Waals surface area contributed by atoms with E-state index < -0.39 is 5.97 Å². The second kappa shape index (κ2) is 8.34. The fourth-order valence-corrected chi connectivity index (χ4v) is 2.21. The SMILES string of the molecule is CC(CC(=O)OCC(=O)Nc1ccc(Cl)cc1)c1ccccc1. The molecule has 2 aromatic carbocycles. The molecule has 0 aliphatic heterocycles. The number of benzene rings is 2. The summed E-state index contributed by atoms with van der Waals surface area (Å²) in [5.41, 5.74) is 1.67. The Morgan fingerprint density at radius 2 is 1.74 bits per heavy atom. The number of nitrogens with one attached hydrogen (secondary N) is 1. The zero-order chi connectivity index (χ0) is 16.7. The van der Waals surface area contributed by atoms with E-state index in [1.165, 1.54) is 0 Å². The molecule has 2 rings (SSSR count). The number of carbonyl (C=O) groups excluding carboxylic acids is 2. The molecule has 120 valence electrons. The Bertz CT molecular complexity index is 656. The highest BCUT2D eigenvalue weighted by atomic mass is 35.5. The molecule has 0 saturated heterocycles. The molecule has 0 aliphatic carbocycles. The van der Waals surface area contributed by atoms with Crippen LogP contribution in [-0.4, -0.2) is 18.5 Å². The van der Waals surface area contributed by atoms with Gasteiger partial charge in [-0.3, -0.25) is 9.59 Å². The molecule has 5 heteroatoms. The highest BCUT2D eigenvalue weighted by Crippen LogP contribution is 2.19. The predicted molar refractivity (Wildman–Crippen MR) is 90.5 cm³/mol. The molecule has 0 fully saturated rings. The maximum absolute atomic E-state index is 11.8. The van der Waals surface area contributed by atoms with Gasteiger partial charge in [0.2, 0.25) is 0 Å². The van der Waals surface area contributed by atoms with Gasteiger partial charge in [0.1, 0.15) is 0 Å². The van der Waals surface area contributed by atoms with Crippen molar-refractivity contribution in [1.29, 1.82) is 0 Å². The van der Waals surface area contributed by atoms with Gasteiger partial charge >= 0.3 is 5.97 Å². The summed E-state index contributed by atoms with van der Waals surface area (Å²) >= 11 is 5.77. The van der Waals surface area contributed by atoms with E-state index in [9.17, 15) is 9.59 Å². The number of halogens is 1. The Morgan fingerprint density at radius 3 is 2.39 bits per heavy atom. The van der Waals surface area contributed by atoms with E-state index in [0.717, 1.165) is 5.56 Å². The summed E-state index contributed by atoms with van der Waals surface area (Å²) in [6, 6.07) is 16.4. The third kappa shape index (κ3) is 5.75. The topological polar surface area (TPSA) is 55.4 Å². The lowest BCUT2D eigenvalue weighted by atomic mass is 9.98. The van der Waals surface area contributed by atoms with E-state index >= 15 is 0 Å². The monoisotopic (exact) mass is 331 g/mol. The van der Waals surface area contributed by atoms with Gasteiger partial charge < -0.3 is 10.1 Å². The molecule has 0 saturated carbocycles. The van der Waals surface area contributed by atoms with E-state index in [0.29, 0.717) is 10.7 Å². The van der Waals surface area contributed by atoms with Crippen LogP contribution >= 0.6 is 11.6 Å². The van der Waals surface area contributed by atoms with Gasteiger partial charge in [-0.1, -0.05) is 48.9 Å². The highest BCUT2D eigenvalue weighted by Gasteiger charge is 2.13. The summed E-state index contributed by atoms with van der Waals surface area (Å²) in [7, 11) is 0. The molecule has 0 bridgehead atoms. The Hall–Kier alpha value is -2.33. The molecule has 2 aromatic rings. The van der Waals surface area contributed by atoms with Crippen molar-refractivity contribution >= 4 is 29.2 Å². The molecule has 4 nitrogen and oxygen atoms in total. The Balaban J connectivity index is 1.75. The second-order valence-corrected chi connectivity index (χ2v) is 5.67. The largest absolute Gasteiger partial charge is 0.456 e. The summed E-state index contributed by atoms with van der Waals surface area (Å²) in [5.74, 6) is -0.733. The number of hydrogen-bond acceptors (Lipinski definition) is 3. The van der Waals surface area contributed by atoms with Crippen molar-refractivity contribution in [2.75, 3.05) is 11.9 Å². The number of hydrogen-bond donors (Lipinski definition) is 1. The van der Waals surface area contributed by atoms with Gasteiger partial charge in [0.25, 0.3) is 5.91 Å². The lowest BCUT2D eigenvalue weighted by molar-refractivity contribution is -0.147. The average Bonchev–Trinajstić information content (AvgIpc) is 2.56. The Morgan fingerprint density at radius 1 is 1.09 bits per heavy atom. The van der Waals surface area contributed by atoms with Crippen molar-refractivity contribution < 1.29 is 14.3 Å². The van der Waals surface area contributed by atoms with Crippen LogP contribution in [0.15, 0.2) is 54.6 Å². The summed E-state index contributed by atoms with van der Waals surface area (Å²) in [6.07, 6.45) is 0.234. The highest BCUT2D eigenvalue weighted by molar-refractivity contribution is 6.30. The summed E-state index contributed by atoms with van der Waals surface area (Å²) in [4.78, 5) is 23.5. The zero-order valence-corrected chi connectivity index (χ0v) is 13.5. The Labute approximate surface area is 140 Å². The minimum Gasteiger partial charge on any atom is -0.456 e. The minimum atomic E-state index is -0.396. The quantitative estimate of drug-likeness (QED) is 0.813. The number of rotatable bonds is 6. The maximum Gasteiger partial charge on any atom is 0.306 e. The van der Waals surface area contributed by atoms with Crippen LogP contribution in [-0.2, 0) is 14.3 Å². The molecule has 0 aromatic heterocycles. The van der Waals surface area contributed by atoms with Crippen LogP contribution in [0, 0.1) is 0 Å². The molecule has 23 heavy (non-hydrogen) atoms. The number of ether oxygens (including phenoxy) is 1. The van der Waals surface area contributed by atoms with E-state index in [1.54, 1.807) is 24.3 Å². The van der Waals surface area contributed by atoms with E-state index in [2.05, 4.69) is 5.32 Å². The normalized spacial score (nSPS) is 11.6. The molecule has 1 amide bonds. The minimum absolute atomic E-state index is 0.0445. The van der Waals surface area contributed by atoms with Crippen LogP contribution < -0.4 is 5.32 Å². The first-order valence-electron chi connectivity index (χ1n) is 7.30. The molecule has 0 radical (unpaired) electrons. The molecule has 0 aliphatic rings. The molecule has 0 spiro atoms. The van der Waals surface area contributed by atoms with Crippen molar-refractivity contribution in [2.24, 2.45) is 0 Å². The number of amides is 1. The number of anilines is 1. The van der Waals surface area contributed by atoms with Gasteiger partial charge in [0, 0.05) is 10.7 Å². The average molecular weight is 332 g/mol. The second-order valence-electron chi connectivity index (χ2n) is 5.23. The van der Waals surface area contributed by atoms with Crippen LogP contribution in [0.2, 0.25) is 5.02 Å². The summed E-state index contributed by atoms with van der Waals surface area (Å²) < 4.78 is 5.01. The van der Waals surface area contributed by atoms with Gasteiger partial charge in [0.15, 0.2) is 6.61 Å². The van der Waals surface area contributed by atoms with Gasteiger partial charge in [-0.05, 0) is 35.7 Å². The van der Waals surface area contributed by atoms with Gasteiger partial charge in [-0.25, -0.2) is 0 Å². The van der Waals surface area contributed by atoms with Crippen molar-refractivity contribution in [2.45, 2.75) is 19.3 Å². The van der Waals surface area contributed by atoms with E-state index in [4.69, 9.17) is 16.3 Å². The lowest BCUT2D eigenvalue weighted by Gasteiger charge is -2.11. The zero-order valence-electron chi connectivity index (χ0n) is 12.8. The molecular weight excluding hydrogens is 314 g/mol. The maximum atomic E-state index is 11.8.